The lowest BCUT2D eigenvalue weighted by Crippen LogP contribution is -2.40. The first-order chi connectivity index (χ1) is 11.1. The molecule has 1 saturated heterocycles. The van der Waals surface area contributed by atoms with E-state index >= 15 is 0 Å². The van der Waals surface area contributed by atoms with Crippen molar-refractivity contribution in [1.29, 1.82) is 0 Å². The minimum Gasteiger partial charge on any atom is -0.480 e. The number of benzene rings is 1. The molecule has 1 aliphatic rings. The number of rotatable bonds is 8. The van der Waals surface area contributed by atoms with Crippen LogP contribution in [0.3, 0.4) is 0 Å². The third-order valence-electron chi connectivity index (χ3n) is 4.12. The summed E-state index contributed by atoms with van der Waals surface area (Å²) in [5, 5.41) is 8.58. The minimum atomic E-state index is -1.35. The van der Waals surface area contributed by atoms with Gasteiger partial charge in [-0.25, -0.2) is 0 Å². The molecule has 0 saturated carbocycles. The number of ether oxygens (including phenoxy) is 1. The molecule has 0 aromatic heterocycles. The SMILES string of the molecule is Cc1ccc(CCC(C(=O)O)S(=O)CCN2CCOCC2)cc1. The molecule has 1 aliphatic heterocycles. The molecule has 23 heavy (non-hydrogen) atoms. The van der Waals surface area contributed by atoms with E-state index in [1.165, 1.54) is 5.56 Å². The molecule has 2 rings (SSSR count). The molecule has 0 aliphatic carbocycles. The molecule has 1 heterocycles. The Morgan fingerprint density at radius 3 is 2.57 bits per heavy atom. The fourth-order valence-corrected chi connectivity index (χ4v) is 3.93. The summed E-state index contributed by atoms with van der Waals surface area (Å²) in [6.07, 6.45) is 1.05. The third kappa shape index (κ3) is 6.05. The summed E-state index contributed by atoms with van der Waals surface area (Å²) >= 11 is 0. The van der Waals surface area contributed by atoms with Gasteiger partial charge in [0, 0.05) is 36.2 Å². The molecule has 6 heteroatoms. The van der Waals surface area contributed by atoms with E-state index in [1.54, 1.807) is 0 Å². The molecule has 1 aromatic carbocycles. The number of carboxylic acids is 1. The summed E-state index contributed by atoms with van der Waals surface area (Å²) in [6, 6.07) is 8.04. The highest BCUT2D eigenvalue weighted by Crippen LogP contribution is 2.12. The Balaban J connectivity index is 1.82. The molecule has 0 bridgehead atoms. The predicted molar refractivity (Wildman–Crippen MR) is 91.2 cm³/mol. The highest BCUT2D eigenvalue weighted by Gasteiger charge is 2.25. The lowest BCUT2D eigenvalue weighted by molar-refractivity contribution is -0.136. The Bertz CT molecular complexity index is 526. The molecular formula is C17H25NO4S. The number of carbonyl (C=O) groups is 1. The van der Waals surface area contributed by atoms with E-state index in [1.807, 2.05) is 31.2 Å². The van der Waals surface area contributed by atoms with Gasteiger partial charge >= 0.3 is 5.97 Å². The molecule has 2 atom stereocenters. The molecule has 2 unspecified atom stereocenters. The van der Waals surface area contributed by atoms with Gasteiger partial charge in [0.25, 0.3) is 0 Å². The molecular weight excluding hydrogens is 314 g/mol. The fraction of sp³-hybridized carbons (Fsp3) is 0.588. The van der Waals surface area contributed by atoms with Crippen LogP contribution in [0, 0.1) is 6.92 Å². The fourth-order valence-electron chi connectivity index (χ4n) is 2.61. The maximum atomic E-state index is 12.4. The molecule has 1 fully saturated rings. The molecule has 128 valence electrons. The van der Waals surface area contributed by atoms with Crippen LogP contribution in [-0.2, 0) is 26.8 Å². The average molecular weight is 339 g/mol. The lowest BCUT2D eigenvalue weighted by Gasteiger charge is -2.26. The van der Waals surface area contributed by atoms with Crippen molar-refractivity contribution in [3.05, 3.63) is 35.4 Å². The number of hydrogen-bond donors (Lipinski definition) is 1. The van der Waals surface area contributed by atoms with Gasteiger partial charge in [0.2, 0.25) is 0 Å². The van der Waals surface area contributed by atoms with Gasteiger partial charge < -0.3 is 9.84 Å². The Labute approximate surface area is 140 Å². The van der Waals surface area contributed by atoms with Gasteiger partial charge in [-0.1, -0.05) is 29.8 Å². The number of carboxylic acid groups (broad SMARTS) is 1. The number of morpholine rings is 1. The first kappa shape index (κ1) is 18.1. The molecule has 0 radical (unpaired) electrons. The second kappa shape index (κ2) is 9.15. The minimum absolute atomic E-state index is 0.408. The largest absolute Gasteiger partial charge is 0.480 e. The normalized spacial score (nSPS) is 18.5. The first-order valence-electron chi connectivity index (χ1n) is 8.02. The van der Waals surface area contributed by atoms with Crippen molar-refractivity contribution in [3.8, 4) is 0 Å². The summed E-state index contributed by atoms with van der Waals surface area (Å²) in [5.74, 6) is -0.553. The van der Waals surface area contributed by atoms with E-state index in [4.69, 9.17) is 4.74 Å². The highest BCUT2D eigenvalue weighted by molar-refractivity contribution is 7.86. The van der Waals surface area contributed by atoms with Crippen molar-refractivity contribution in [2.75, 3.05) is 38.6 Å². The number of aryl methyl sites for hydroxylation is 2. The molecule has 1 N–H and O–H groups in total. The highest BCUT2D eigenvalue weighted by atomic mass is 32.2. The zero-order valence-corrected chi connectivity index (χ0v) is 14.4. The topological polar surface area (TPSA) is 66.8 Å². The van der Waals surface area contributed by atoms with Crippen LogP contribution < -0.4 is 0 Å². The molecule has 1 aromatic rings. The molecule has 5 nitrogen and oxygen atoms in total. The van der Waals surface area contributed by atoms with Gasteiger partial charge in [-0.05, 0) is 25.3 Å². The Kier molecular flexibility index (Phi) is 7.20. The summed E-state index contributed by atoms with van der Waals surface area (Å²) < 4.78 is 17.7. The molecule has 0 amide bonds. The number of nitrogens with zero attached hydrogens (tertiary/aromatic N) is 1. The summed E-state index contributed by atoms with van der Waals surface area (Å²) in [6.45, 7) is 5.75. The van der Waals surface area contributed by atoms with E-state index in [0.717, 1.165) is 18.7 Å². The van der Waals surface area contributed by atoms with Gasteiger partial charge in [-0.2, -0.15) is 0 Å². The standard InChI is InChI=1S/C17H25NO4S/c1-14-2-4-15(5-3-14)6-7-16(17(19)20)23(21)13-10-18-8-11-22-12-9-18/h2-5,16H,6-13H2,1H3,(H,19,20). The zero-order chi connectivity index (χ0) is 16.7. The van der Waals surface area contributed by atoms with Crippen molar-refractivity contribution in [3.63, 3.8) is 0 Å². The van der Waals surface area contributed by atoms with Crippen LogP contribution >= 0.6 is 0 Å². The van der Waals surface area contributed by atoms with Crippen LogP contribution in [0.2, 0.25) is 0 Å². The van der Waals surface area contributed by atoms with Crippen molar-refractivity contribution in [1.82, 2.24) is 4.90 Å². The van der Waals surface area contributed by atoms with Gasteiger partial charge in [0.05, 0.1) is 13.2 Å². The summed E-state index contributed by atoms with van der Waals surface area (Å²) in [7, 11) is -1.35. The van der Waals surface area contributed by atoms with E-state index in [2.05, 4.69) is 4.90 Å². The Hall–Kier alpha value is -1.24. The van der Waals surface area contributed by atoms with Gasteiger partial charge in [-0.15, -0.1) is 0 Å². The van der Waals surface area contributed by atoms with E-state index in [9.17, 15) is 14.1 Å². The summed E-state index contributed by atoms with van der Waals surface area (Å²) in [5.41, 5.74) is 2.27. The Morgan fingerprint density at radius 2 is 1.96 bits per heavy atom. The monoisotopic (exact) mass is 339 g/mol. The molecule has 0 spiro atoms. The number of hydrogen-bond acceptors (Lipinski definition) is 4. The quantitative estimate of drug-likeness (QED) is 0.777. The van der Waals surface area contributed by atoms with Crippen molar-refractivity contribution >= 4 is 16.8 Å². The van der Waals surface area contributed by atoms with Crippen LogP contribution in [0.4, 0.5) is 0 Å². The second-order valence-corrected chi connectivity index (χ2v) is 7.63. The maximum absolute atomic E-state index is 12.4. The summed E-state index contributed by atoms with van der Waals surface area (Å²) in [4.78, 5) is 13.6. The predicted octanol–water partition coefficient (Wildman–Crippen LogP) is 1.46. The smallest absolute Gasteiger partial charge is 0.319 e. The van der Waals surface area contributed by atoms with E-state index < -0.39 is 22.0 Å². The van der Waals surface area contributed by atoms with Crippen molar-refractivity contribution in [2.24, 2.45) is 0 Å². The average Bonchev–Trinajstić information content (AvgIpc) is 2.55. The van der Waals surface area contributed by atoms with E-state index in [-0.39, 0.29) is 0 Å². The number of aliphatic carboxylic acids is 1. The van der Waals surface area contributed by atoms with Crippen LogP contribution in [0.1, 0.15) is 17.5 Å². The van der Waals surface area contributed by atoms with Crippen LogP contribution in [0.15, 0.2) is 24.3 Å². The Morgan fingerprint density at radius 1 is 1.30 bits per heavy atom. The van der Waals surface area contributed by atoms with Gasteiger partial charge in [0.1, 0.15) is 5.25 Å². The lowest BCUT2D eigenvalue weighted by atomic mass is 10.1. The zero-order valence-electron chi connectivity index (χ0n) is 13.6. The third-order valence-corrected chi connectivity index (χ3v) is 5.78. The van der Waals surface area contributed by atoms with Crippen LogP contribution in [-0.4, -0.2) is 64.0 Å². The van der Waals surface area contributed by atoms with Crippen molar-refractivity contribution in [2.45, 2.75) is 25.0 Å². The van der Waals surface area contributed by atoms with Gasteiger partial charge in [-0.3, -0.25) is 13.9 Å². The second-order valence-electron chi connectivity index (χ2n) is 5.89. The first-order valence-corrected chi connectivity index (χ1v) is 9.40. The van der Waals surface area contributed by atoms with Crippen LogP contribution in [0.25, 0.3) is 0 Å². The van der Waals surface area contributed by atoms with E-state index in [0.29, 0.717) is 38.4 Å². The van der Waals surface area contributed by atoms with Gasteiger partial charge in [0.15, 0.2) is 0 Å². The van der Waals surface area contributed by atoms with Crippen LogP contribution in [0.5, 0.6) is 0 Å². The maximum Gasteiger partial charge on any atom is 0.319 e. The van der Waals surface area contributed by atoms with Crippen molar-refractivity contribution < 1.29 is 18.8 Å².